The Hall–Kier alpha value is -5.88. The van der Waals surface area contributed by atoms with Gasteiger partial charge in [-0.25, -0.2) is 9.59 Å². The number of benzene rings is 4. The van der Waals surface area contributed by atoms with Gasteiger partial charge < -0.3 is 29.5 Å². The van der Waals surface area contributed by atoms with Crippen LogP contribution in [0.2, 0.25) is 0 Å². The zero-order valence-electron chi connectivity index (χ0n) is 52.6. The van der Waals surface area contributed by atoms with Crippen LogP contribution in [0, 0.1) is 34.5 Å². The molecule has 4 aromatic carbocycles. The van der Waals surface area contributed by atoms with Crippen LogP contribution in [0.3, 0.4) is 0 Å². The van der Waals surface area contributed by atoms with Gasteiger partial charge >= 0.3 is 11.9 Å². The Balaban J connectivity index is 0.728. The average molecular weight is 1250 g/mol. The first-order valence-corrected chi connectivity index (χ1v) is 36.0. The third kappa shape index (κ3) is 12.2. The molecule has 2 aliphatic heterocycles. The maximum absolute atomic E-state index is 14.0. The van der Waals surface area contributed by atoms with Crippen LogP contribution in [-0.2, 0) is 43.9 Å². The number of aliphatic hydroxyl groups excluding tert-OH is 2. The van der Waals surface area contributed by atoms with Crippen LogP contribution >= 0.6 is 0 Å². The van der Waals surface area contributed by atoms with Gasteiger partial charge in [0.25, 0.3) is 20.2 Å². The van der Waals surface area contributed by atoms with Crippen molar-refractivity contribution in [3.63, 3.8) is 0 Å². The average Bonchev–Trinajstić information content (AvgIpc) is 1.74. The predicted octanol–water partition coefficient (Wildman–Crippen LogP) is 13.7. The molecule has 11 atom stereocenters. The van der Waals surface area contributed by atoms with Gasteiger partial charge in [-0.15, -0.1) is 0 Å². The third-order valence-corrected chi connectivity index (χ3v) is 24.8. The number of carbonyl (C=O) groups excluding carboxylic acids is 2. The van der Waals surface area contributed by atoms with Crippen molar-refractivity contribution in [2.75, 3.05) is 34.4 Å². The molecule has 0 aromatic heterocycles. The molecule has 16 heteroatoms. The number of rotatable bonds is 18. The minimum absolute atomic E-state index is 0.00557. The van der Waals surface area contributed by atoms with Gasteiger partial charge in [0, 0.05) is 41.0 Å². The fraction of sp³-hybridized carbons (Fsp3) is 0.534. The summed E-state index contributed by atoms with van der Waals surface area (Å²) in [5, 5.41) is 21.8. The van der Waals surface area contributed by atoms with Crippen LogP contribution in [0.5, 0.6) is 11.5 Å². The monoisotopic (exact) mass is 1250 g/mol. The van der Waals surface area contributed by atoms with E-state index in [-0.39, 0.29) is 53.4 Å². The second-order valence-corrected chi connectivity index (χ2v) is 32.0. The van der Waals surface area contributed by atoms with Gasteiger partial charge in [0.05, 0.1) is 40.9 Å². The molecular weight excluding hydrogens is 1160 g/mol. The lowest BCUT2D eigenvalue weighted by Gasteiger charge is -2.50. The van der Waals surface area contributed by atoms with Crippen LogP contribution in [0.4, 0.5) is 11.4 Å². The zero-order chi connectivity index (χ0) is 63.0. The van der Waals surface area contributed by atoms with Crippen molar-refractivity contribution in [1.82, 2.24) is 0 Å². The molecule has 0 bridgehead atoms. The molecule has 14 nitrogen and oxygen atoms in total. The number of anilines is 2. The highest BCUT2D eigenvalue weighted by Gasteiger charge is 2.56. The Labute approximate surface area is 527 Å². The van der Waals surface area contributed by atoms with Gasteiger partial charge in [-0.05, 0) is 249 Å². The molecular formula is C73H90N2O12S2. The topological polar surface area (TPSA) is 208 Å². The number of nitrogens with zero attached hydrogens (tertiary/aromatic N) is 2. The molecule has 4 aromatic rings. The first kappa shape index (κ1) is 63.3. The second kappa shape index (κ2) is 24.3. The Morgan fingerprint density at radius 3 is 1.60 bits per heavy atom. The zero-order valence-corrected chi connectivity index (χ0v) is 54.2. The number of unbranched alkanes of at least 4 members (excludes halogenated alkanes) is 2. The molecule has 7 unspecified atom stereocenters. The van der Waals surface area contributed by atoms with E-state index >= 15 is 0 Å². The van der Waals surface area contributed by atoms with Gasteiger partial charge in [0.15, 0.2) is 0 Å². The van der Waals surface area contributed by atoms with E-state index < -0.39 is 43.0 Å². The molecule has 0 saturated heterocycles. The van der Waals surface area contributed by atoms with Crippen molar-refractivity contribution in [2.24, 2.45) is 34.5 Å². The Kier molecular flexibility index (Phi) is 17.3. The Bertz CT molecular complexity index is 3770. The van der Waals surface area contributed by atoms with Crippen LogP contribution < -0.4 is 19.3 Å². The minimum atomic E-state index is -4.13. The fourth-order valence-corrected chi connectivity index (χ4v) is 19.6. The van der Waals surface area contributed by atoms with Crippen LogP contribution in [0.15, 0.2) is 121 Å². The molecule has 0 spiro atoms. The number of allylic oxidation sites excluding steroid dienone is 7. The van der Waals surface area contributed by atoms with E-state index in [0.29, 0.717) is 84.1 Å². The predicted molar refractivity (Wildman–Crippen MR) is 348 cm³/mol. The molecule has 0 amide bonds. The normalized spacial score (nSPS) is 30.2. The summed E-state index contributed by atoms with van der Waals surface area (Å²) in [4.78, 5) is 32.4. The number of ether oxygens (including phenoxy) is 2. The Morgan fingerprint density at radius 1 is 0.562 bits per heavy atom. The molecule has 12 rings (SSSR count). The lowest BCUT2D eigenvalue weighted by atomic mass is 9.55. The van der Waals surface area contributed by atoms with E-state index in [1.54, 1.807) is 12.1 Å². The van der Waals surface area contributed by atoms with Gasteiger partial charge in [0.2, 0.25) is 0 Å². The summed E-state index contributed by atoms with van der Waals surface area (Å²) < 4.78 is 78.1. The van der Waals surface area contributed by atoms with Crippen molar-refractivity contribution in [3.8, 4) is 11.5 Å². The molecule has 0 radical (unpaired) electrons. The lowest BCUT2D eigenvalue weighted by molar-refractivity contribution is -0.0226. The van der Waals surface area contributed by atoms with E-state index in [0.717, 1.165) is 105 Å². The van der Waals surface area contributed by atoms with Crippen molar-refractivity contribution in [3.05, 3.63) is 166 Å². The first-order chi connectivity index (χ1) is 42.2. The van der Waals surface area contributed by atoms with E-state index in [2.05, 4.69) is 69.6 Å². The minimum Gasteiger partial charge on any atom is -0.423 e. The van der Waals surface area contributed by atoms with Crippen molar-refractivity contribution >= 4 is 43.5 Å². The molecule has 476 valence electrons. The molecule has 6 aliphatic carbocycles. The summed E-state index contributed by atoms with van der Waals surface area (Å²) in [6, 6.07) is 23.4. The number of hydrogen-bond donors (Lipinski definition) is 4. The summed E-state index contributed by atoms with van der Waals surface area (Å²) in [5.74, 6) is 2.58. The maximum Gasteiger partial charge on any atom is 0.343 e. The summed E-state index contributed by atoms with van der Waals surface area (Å²) in [5.41, 5.74) is 9.65. The van der Waals surface area contributed by atoms with Gasteiger partial charge in [-0.3, -0.25) is 9.11 Å². The lowest BCUT2D eigenvalue weighted by Crippen LogP contribution is -2.43. The van der Waals surface area contributed by atoms with Gasteiger partial charge in [-0.2, -0.15) is 16.8 Å². The number of hydrogen-bond acceptors (Lipinski definition) is 12. The molecule has 89 heavy (non-hydrogen) atoms. The van der Waals surface area contributed by atoms with Crippen molar-refractivity contribution in [2.45, 2.75) is 185 Å². The Morgan fingerprint density at radius 2 is 1.06 bits per heavy atom. The number of fused-ring (bicyclic) bond motifs is 12. The smallest absolute Gasteiger partial charge is 0.343 e. The van der Waals surface area contributed by atoms with Crippen LogP contribution in [0.25, 0.3) is 0 Å². The number of aryl methyl sites for hydroxylation is 2. The van der Waals surface area contributed by atoms with E-state index in [4.69, 9.17) is 9.47 Å². The highest BCUT2D eigenvalue weighted by Crippen LogP contribution is 2.63. The van der Waals surface area contributed by atoms with Gasteiger partial charge in [0.1, 0.15) is 11.5 Å². The number of carbonyl (C=O) groups is 2. The summed E-state index contributed by atoms with van der Waals surface area (Å²) >= 11 is 0. The first-order valence-electron chi connectivity index (χ1n) is 32.8. The highest BCUT2D eigenvalue weighted by molar-refractivity contribution is 7.86. The quantitative estimate of drug-likeness (QED) is 0.0240. The molecule has 4 N–H and O–H groups in total. The van der Waals surface area contributed by atoms with E-state index in [1.807, 2.05) is 85.0 Å². The standard InChI is InChI=1S/C73H90N2O12S2/c1-70(2)60-44-48(68(78)86-50-22-26-52-46(42-50)18-24-56-54(52)34-36-72(5)58(56)28-32-66(72)76)20-30-62(60)74(38-12-14-40-88(80,81)82)64(70)16-10-8-7-9-11-17-65-71(3,4)61-45-49(21-31-63(61)75(65)39-13-15-41-89(83,84)85)69(79)87-51-23-27-53-47(43-51)19-25-57-55(53)35-37-73(6)59(57)29-33-67(73)77/h7-11,16-17,20-23,26-27,30-31,42-45,54-59,64,66-67,76-77H,12-15,18-19,24-25,28-29,32-41H2,1-6H3,(H,80,81,82)(H,83,84,85)/b8-7+,11-9+,16-10+,65-17-/t54?,55?,56?,57?,58?,59?,64?,66-,67-,72-,73-/m0/s1. The van der Waals surface area contributed by atoms with Crippen molar-refractivity contribution in [1.29, 1.82) is 0 Å². The van der Waals surface area contributed by atoms with E-state index in [9.17, 15) is 45.7 Å². The number of aliphatic hydroxyl groups is 2. The second-order valence-electron chi connectivity index (χ2n) is 28.9. The molecule has 8 aliphatic rings. The van der Waals surface area contributed by atoms with Crippen LogP contribution in [0.1, 0.15) is 197 Å². The molecule has 4 saturated carbocycles. The van der Waals surface area contributed by atoms with Crippen molar-refractivity contribution < 1.29 is 55.2 Å². The van der Waals surface area contributed by atoms with Crippen LogP contribution in [-0.4, -0.2) is 90.9 Å². The maximum atomic E-state index is 14.0. The SMILES string of the molecule is CC1(C)/C(=C/C=C/C=C/C=C/C2N(CCCCS(=O)(=O)O)c3ccc(C(=O)Oc4ccc5c(c4)CCC4C5CC[C@@]5(C)C4CC[C@@H]5O)cc3C2(C)C)N(CCCCS(=O)(=O)O)c2ccc(C(=O)Oc3ccc4c(c3)CCC3C4CC[C@@]4(C)C3CC[C@@H]4O)cc21. The molecule has 2 heterocycles. The van der Waals surface area contributed by atoms with E-state index in [1.165, 1.54) is 22.3 Å². The summed E-state index contributed by atoms with van der Waals surface area (Å²) in [7, 11) is -8.26. The fourth-order valence-electron chi connectivity index (χ4n) is 18.4. The highest BCUT2D eigenvalue weighted by atomic mass is 32.2. The van der Waals surface area contributed by atoms with Gasteiger partial charge in [-0.1, -0.05) is 90.1 Å². The summed E-state index contributed by atoms with van der Waals surface area (Å²) in [6.45, 7) is 14.0. The molecule has 4 fully saturated rings. The third-order valence-electron chi connectivity index (χ3n) is 23.2. The number of esters is 2. The largest absolute Gasteiger partial charge is 0.423 e. The summed E-state index contributed by atoms with van der Waals surface area (Å²) in [6.07, 6.45) is 27.1.